The summed E-state index contributed by atoms with van der Waals surface area (Å²) in [6.45, 7) is 15.5. The number of aromatic amines is 1. The van der Waals surface area contributed by atoms with E-state index in [2.05, 4.69) is 50.1 Å². The van der Waals surface area contributed by atoms with Crippen molar-refractivity contribution in [3.63, 3.8) is 0 Å². The summed E-state index contributed by atoms with van der Waals surface area (Å²) in [5.41, 5.74) is 5.53. The highest BCUT2D eigenvalue weighted by Crippen LogP contribution is 2.35. The molecule has 5 aliphatic heterocycles. The predicted molar refractivity (Wildman–Crippen MR) is 390 cm³/mol. The number of aliphatic hydroxyl groups excluding tert-OH is 3. The van der Waals surface area contributed by atoms with Gasteiger partial charge in [0.25, 0.3) is 0 Å². The molecule has 6 aromatic heterocycles. The molecule has 9 aromatic rings. The van der Waals surface area contributed by atoms with Gasteiger partial charge in [-0.25, -0.2) is 9.36 Å². The molecule has 5 aliphatic rings. The number of H-pyrrole nitrogens is 1. The van der Waals surface area contributed by atoms with Crippen LogP contribution in [0, 0.1) is 0 Å². The maximum absolute atomic E-state index is 9.63. The average molecular weight is 1510 g/mol. The molecule has 4 unspecified atom stereocenters. The molecule has 4 N–H and O–H groups in total. The van der Waals surface area contributed by atoms with E-state index in [9.17, 15) is 5.11 Å². The molecule has 5 fully saturated rings. The number of nitrogens with one attached hydrogen (secondary N) is 1. The molecule has 11 heterocycles. The molecule has 6 atom stereocenters. The molecular formula is C73H90Cl3N13O16. The Balaban J connectivity index is 0.000000150. The van der Waals surface area contributed by atoms with Gasteiger partial charge in [-0.15, -0.1) is 0 Å². The van der Waals surface area contributed by atoms with Crippen LogP contribution >= 0.6 is 34.8 Å². The van der Waals surface area contributed by atoms with Crippen LogP contribution in [0.2, 0.25) is 15.5 Å². The molecule has 0 amide bonds. The number of ether oxygens (including phenoxy) is 13. The molecule has 0 saturated carbocycles. The van der Waals surface area contributed by atoms with Crippen molar-refractivity contribution < 1.29 is 76.9 Å². The predicted octanol–water partition coefficient (Wildman–Crippen LogP) is 11.0. The van der Waals surface area contributed by atoms with Crippen LogP contribution in [-0.2, 0) is 33.2 Å². The second-order valence-electron chi connectivity index (χ2n) is 25.8. The van der Waals surface area contributed by atoms with E-state index in [0.717, 1.165) is 82.8 Å². The Morgan fingerprint density at radius 2 is 1.01 bits per heavy atom. The first kappa shape index (κ1) is 79.2. The van der Waals surface area contributed by atoms with Crippen molar-refractivity contribution in [2.75, 3.05) is 92.2 Å². The smallest absolute Gasteiger partial charge is 0.320 e. The lowest BCUT2D eigenvalue weighted by atomic mass is 10.1. The van der Waals surface area contributed by atoms with E-state index in [1.807, 2.05) is 151 Å². The number of nitrogens with zero attached hydrogens (tertiary/aromatic N) is 12. The Labute approximate surface area is 624 Å². The van der Waals surface area contributed by atoms with Crippen molar-refractivity contribution in [3.05, 3.63) is 143 Å². The van der Waals surface area contributed by atoms with E-state index in [1.165, 1.54) is 6.07 Å². The summed E-state index contributed by atoms with van der Waals surface area (Å²) in [7, 11) is 4.93. The topological polar surface area (TPSA) is 326 Å². The van der Waals surface area contributed by atoms with Crippen LogP contribution < -0.4 is 33.3 Å². The van der Waals surface area contributed by atoms with Crippen LogP contribution in [-0.4, -0.2) is 216 Å². The summed E-state index contributed by atoms with van der Waals surface area (Å²) in [5.74, 6) is 2.74. The fourth-order valence-corrected chi connectivity index (χ4v) is 12.1. The zero-order valence-electron chi connectivity index (χ0n) is 60.1. The van der Waals surface area contributed by atoms with Crippen molar-refractivity contribution in [1.82, 2.24) is 59.7 Å². The van der Waals surface area contributed by atoms with Crippen LogP contribution in [0.1, 0.15) is 80.1 Å². The number of fused-ring (bicyclic) bond motifs is 1. The third kappa shape index (κ3) is 23.8. The molecular weight excluding hydrogens is 1420 g/mol. The summed E-state index contributed by atoms with van der Waals surface area (Å²) < 4.78 is 74.8. The molecule has 105 heavy (non-hydrogen) atoms. The first-order valence-electron chi connectivity index (χ1n) is 34.3. The number of aliphatic hydroxyl groups is 3. The quantitative estimate of drug-likeness (QED) is 0.0408. The van der Waals surface area contributed by atoms with Crippen molar-refractivity contribution in [3.8, 4) is 80.7 Å². The molecule has 3 aromatic carbocycles. The number of benzene rings is 3. The van der Waals surface area contributed by atoms with E-state index in [-0.39, 0.29) is 90.2 Å². The lowest BCUT2D eigenvalue weighted by Crippen LogP contribution is -2.32. The molecule has 14 rings (SSSR count). The Bertz CT molecular complexity index is 4160. The molecule has 5 saturated heterocycles. The summed E-state index contributed by atoms with van der Waals surface area (Å²) >= 11 is 17.6. The highest BCUT2D eigenvalue weighted by atomic mass is 35.5. The minimum absolute atomic E-state index is 0.0183. The number of anilines is 1. The van der Waals surface area contributed by atoms with Crippen molar-refractivity contribution in [2.45, 2.75) is 134 Å². The van der Waals surface area contributed by atoms with E-state index in [1.54, 1.807) is 43.0 Å². The minimum Gasteiger partial charge on any atom is -0.497 e. The first-order valence-corrected chi connectivity index (χ1v) is 35.5. The molecule has 0 bridgehead atoms. The summed E-state index contributed by atoms with van der Waals surface area (Å²) in [6, 6.07) is 34.9. The van der Waals surface area contributed by atoms with Gasteiger partial charge < -0.3 is 81.8 Å². The normalized spacial score (nSPS) is 19.6. The third-order valence-electron chi connectivity index (χ3n) is 16.7. The Morgan fingerprint density at radius 1 is 0.543 bits per heavy atom. The van der Waals surface area contributed by atoms with Crippen LogP contribution in [0.15, 0.2) is 128 Å². The first-order chi connectivity index (χ1) is 50.5. The van der Waals surface area contributed by atoms with Crippen LogP contribution in [0.5, 0.6) is 35.3 Å². The maximum Gasteiger partial charge on any atom is 0.320 e. The lowest BCUT2D eigenvalue weighted by Gasteiger charge is -2.24. The highest BCUT2D eigenvalue weighted by molar-refractivity contribution is 6.33. The summed E-state index contributed by atoms with van der Waals surface area (Å²) in [4.78, 5) is 27.8. The maximum atomic E-state index is 9.63. The van der Waals surface area contributed by atoms with Gasteiger partial charge in [0.15, 0.2) is 29.0 Å². The zero-order chi connectivity index (χ0) is 74.5. The Hall–Kier alpha value is -8.40. The lowest BCUT2D eigenvalue weighted by molar-refractivity contribution is -0.140. The van der Waals surface area contributed by atoms with E-state index < -0.39 is 23.5 Å². The number of hydrogen-bond acceptors (Lipinski definition) is 26. The summed E-state index contributed by atoms with van der Waals surface area (Å²) in [5, 5.41) is 44.1. The van der Waals surface area contributed by atoms with Crippen molar-refractivity contribution in [2.24, 2.45) is 0 Å². The molecule has 0 spiro atoms. The number of methoxy groups -OCH3 is 3. The number of hydrogen-bond donors (Lipinski definition) is 4. The van der Waals surface area contributed by atoms with Gasteiger partial charge in [0.05, 0.1) is 121 Å². The molecule has 0 radical (unpaired) electrons. The van der Waals surface area contributed by atoms with Gasteiger partial charge in [-0.2, -0.15) is 45.2 Å². The van der Waals surface area contributed by atoms with E-state index in [0.29, 0.717) is 63.9 Å². The number of aromatic nitrogens is 12. The number of rotatable bonds is 24. The second-order valence-corrected chi connectivity index (χ2v) is 27.0. The summed E-state index contributed by atoms with van der Waals surface area (Å²) in [6.07, 6.45) is 9.10. The molecule has 0 aliphatic carbocycles. The molecule has 29 nitrogen and oxygen atoms in total. The Morgan fingerprint density at radius 3 is 1.50 bits per heavy atom. The fourth-order valence-electron chi connectivity index (χ4n) is 11.5. The van der Waals surface area contributed by atoms with Crippen LogP contribution in [0.4, 0.5) is 5.82 Å². The Kier molecular flexibility index (Phi) is 28.4. The van der Waals surface area contributed by atoms with Gasteiger partial charge in [0.2, 0.25) is 0 Å². The molecule has 564 valence electrons. The number of halogens is 3. The second kappa shape index (κ2) is 37.7. The minimum atomic E-state index is -0.839. The molecule has 32 heteroatoms. The van der Waals surface area contributed by atoms with Gasteiger partial charge in [0.1, 0.15) is 38.5 Å². The average Bonchev–Trinajstić information content (AvgIpc) is 1.66. The third-order valence-corrected chi connectivity index (χ3v) is 17.2. The van der Waals surface area contributed by atoms with Crippen LogP contribution in [0.25, 0.3) is 45.4 Å². The largest absolute Gasteiger partial charge is 0.497 e. The van der Waals surface area contributed by atoms with Gasteiger partial charge in [-0.05, 0) is 115 Å². The fraction of sp³-hybridized carbons (Fsp3) is 0.466. The van der Waals surface area contributed by atoms with Crippen LogP contribution in [0.3, 0.4) is 0 Å². The standard InChI is InChI=1S/C24H29N5O5.C21H23ClN4O4.C11H14Cl2N2O3.C10H10N2O.C7H14O3/c1-32-18-4-2-3-16(13-18)19-5-10-29(27-19)23-14-22(28-9-6-21-20(28)8-12-33-21)25-24(26-23)34-11-7-17(31)15-30;1-21(2)29-13-16(30-21)8-10-28-20-23-18(22)12-19(24-20)26-9-7-17(25-26)14-5-4-6-15(11-14)27-3;1-11(2)17-6-7(18-11)3-4-16-10-14-8(12)5-9(13)15-10;1-13-9-4-2-3-8(7-9)10-5-6-11-12-10;1-7(2)9-5-6(10-7)3-4-8/h2-5,10,13-14,17,20-21,30-31H,6-9,11-12,15H2,1H3;4-7,9,11-12,16H,8,10,13H2,1-3H3;5,7H,3-4,6H2,1-2H3;2-7H,1H3,(H,11,12);6,8H,3-5H2,1-2H3/t17?,20-,21-;;;;/m1..../s1. The monoisotopic (exact) mass is 1510 g/mol. The highest BCUT2D eigenvalue weighted by Gasteiger charge is 2.40. The zero-order valence-corrected chi connectivity index (χ0v) is 62.3. The SMILES string of the molecule is CC1(C)OCC(CCO)O1.CC1(C)OCC(CCOc2nc(Cl)cc(Cl)n2)O1.COc1cccc(-c2ccn(-c3cc(Cl)nc(OCCC4COC(C)(C)O4)n3)n2)c1.COc1cccc(-c2ccn(-c3cc(N4CC[C@H]5OCC[C@H]54)nc(OCCC(O)CO)n3)n2)c1.COc1cccc(-c2ccn[nH]2)c1. The van der Waals surface area contributed by atoms with Crippen molar-refractivity contribution in [1.29, 1.82) is 0 Å². The van der Waals surface area contributed by atoms with Gasteiger partial charge >= 0.3 is 18.0 Å². The van der Waals surface area contributed by atoms with Gasteiger partial charge in [-0.3, -0.25) is 5.10 Å². The van der Waals surface area contributed by atoms with Gasteiger partial charge in [-0.1, -0.05) is 71.2 Å². The van der Waals surface area contributed by atoms with E-state index in [4.69, 9.17) is 112 Å². The van der Waals surface area contributed by atoms with Crippen molar-refractivity contribution >= 4 is 40.6 Å². The van der Waals surface area contributed by atoms with Gasteiger partial charge in [0, 0.05) is 92.5 Å². The van der Waals surface area contributed by atoms with E-state index >= 15 is 0 Å².